The number of fused-ring (bicyclic) bond motifs is 1. The number of para-hydroxylation sites is 1. The molecule has 0 saturated carbocycles. The van der Waals surface area contributed by atoms with Crippen LogP contribution in [0, 0.1) is 0 Å². The van der Waals surface area contributed by atoms with E-state index in [-0.39, 0.29) is 0 Å². The van der Waals surface area contributed by atoms with Gasteiger partial charge >= 0.3 is 5.97 Å². The third-order valence-electron chi connectivity index (χ3n) is 1.70. The minimum atomic E-state index is -1.59. The highest BCUT2D eigenvalue weighted by atomic mass is 32.2. The van der Waals surface area contributed by atoms with E-state index in [1.807, 2.05) is 0 Å². The Hall–Kier alpha value is -1.36. The molecule has 0 aliphatic carbocycles. The summed E-state index contributed by atoms with van der Waals surface area (Å²) in [7, 11) is -1.59. The van der Waals surface area contributed by atoms with Crippen LogP contribution >= 0.6 is 0 Å². The summed E-state index contributed by atoms with van der Waals surface area (Å²) < 4.78 is 16.4. The van der Waals surface area contributed by atoms with Crippen molar-refractivity contribution in [2.24, 2.45) is 0 Å². The number of benzene rings is 1. The van der Waals surface area contributed by atoms with Gasteiger partial charge in [0.05, 0.1) is 4.90 Å². The molecule has 4 nitrogen and oxygen atoms in total. The Labute approximate surface area is 76.6 Å². The molecule has 2 rings (SSSR count). The molecule has 1 N–H and O–H groups in total. The lowest BCUT2D eigenvalue weighted by Crippen LogP contribution is -2.26. The first kappa shape index (κ1) is 8.25. The normalized spacial score (nSPS) is 24.9. The summed E-state index contributed by atoms with van der Waals surface area (Å²) in [5.74, 6) is -0.803. The van der Waals surface area contributed by atoms with Crippen molar-refractivity contribution in [2.75, 3.05) is 0 Å². The average Bonchev–Trinajstić information content (AvgIpc) is 2.45. The summed E-state index contributed by atoms with van der Waals surface area (Å²) in [6, 6.07) is 6.62. The van der Waals surface area contributed by atoms with Gasteiger partial charge < -0.3 is 9.84 Å². The van der Waals surface area contributed by atoms with Crippen molar-refractivity contribution in [2.45, 2.75) is 10.3 Å². The summed E-state index contributed by atoms with van der Waals surface area (Å²) in [6.07, 6.45) is 0. The molecule has 1 aliphatic rings. The molecule has 13 heavy (non-hydrogen) atoms. The van der Waals surface area contributed by atoms with Crippen LogP contribution in [0.2, 0.25) is 0 Å². The van der Waals surface area contributed by atoms with Crippen molar-refractivity contribution in [3.8, 4) is 5.75 Å². The summed E-state index contributed by atoms with van der Waals surface area (Å²) in [4.78, 5) is 11.0. The van der Waals surface area contributed by atoms with Crippen LogP contribution < -0.4 is 4.74 Å². The zero-order valence-corrected chi connectivity index (χ0v) is 7.28. The molecule has 5 heteroatoms. The van der Waals surface area contributed by atoms with Crippen LogP contribution in [0.15, 0.2) is 29.2 Å². The highest BCUT2D eigenvalue weighted by Gasteiger charge is 2.36. The molecule has 0 spiro atoms. The average molecular weight is 198 g/mol. The predicted octanol–water partition coefficient (Wildman–Crippen LogP) is 0.597. The van der Waals surface area contributed by atoms with E-state index in [9.17, 15) is 9.00 Å². The molecule has 0 bridgehead atoms. The van der Waals surface area contributed by atoms with Crippen LogP contribution in [-0.2, 0) is 15.6 Å². The maximum absolute atomic E-state index is 11.4. The highest BCUT2D eigenvalue weighted by molar-refractivity contribution is 7.86. The molecular formula is C8H6O4S. The lowest BCUT2D eigenvalue weighted by Gasteiger charge is -2.01. The fourth-order valence-electron chi connectivity index (χ4n) is 1.13. The Morgan fingerprint density at radius 1 is 1.46 bits per heavy atom. The fraction of sp³-hybridized carbons (Fsp3) is 0.125. The Balaban J connectivity index is 2.44. The van der Waals surface area contributed by atoms with E-state index in [4.69, 9.17) is 9.84 Å². The van der Waals surface area contributed by atoms with Crippen molar-refractivity contribution in [1.82, 2.24) is 0 Å². The van der Waals surface area contributed by atoms with Crippen LogP contribution in [0.5, 0.6) is 5.75 Å². The number of carbonyl (C=O) groups is 1. The van der Waals surface area contributed by atoms with Crippen LogP contribution in [0.4, 0.5) is 0 Å². The number of rotatable bonds is 1. The highest BCUT2D eigenvalue weighted by Crippen LogP contribution is 2.31. The molecule has 0 saturated heterocycles. The largest absolute Gasteiger partial charge is 0.478 e. The summed E-state index contributed by atoms with van der Waals surface area (Å²) in [6.45, 7) is 0. The lowest BCUT2D eigenvalue weighted by molar-refractivity contribution is -0.140. The summed E-state index contributed by atoms with van der Waals surface area (Å²) in [5, 5.41) is 8.64. The number of carboxylic acids is 1. The van der Waals surface area contributed by atoms with Crippen molar-refractivity contribution in [3.05, 3.63) is 24.3 Å². The topological polar surface area (TPSA) is 63.6 Å². The molecule has 68 valence electrons. The maximum Gasteiger partial charge on any atom is 0.358 e. The standard InChI is InChI=1S/C8H6O4S/c9-7(10)8-12-5-3-1-2-4-6(5)13(8)11/h1-4,8H,(H,9,10). The number of aliphatic carboxylic acids is 1. The lowest BCUT2D eigenvalue weighted by atomic mass is 10.3. The molecule has 1 aromatic carbocycles. The first-order chi connectivity index (χ1) is 6.20. The molecule has 0 amide bonds. The van der Waals surface area contributed by atoms with Gasteiger partial charge in [-0.3, -0.25) is 0 Å². The smallest absolute Gasteiger partial charge is 0.358 e. The first-order valence-electron chi connectivity index (χ1n) is 3.59. The van der Waals surface area contributed by atoms with Gasteiger partial charge in [0.15, 0.2) is 0 Å². The third-order valence-corrected chi connectivity index (χ3v) is 3.15. The van der Waals surface area contributed by atoms with Crippen LogP contribution in [0.25, 0.3) is 0 Å². The molecule has 0 aromatic heterocycles. The van der Waals surface area contributed by atoms with Crippen molar-refractivity contribution in [1.29, 1.82) is 0 Å². The third kappa shape index (κ3) is 1.21. The molecule has 0 fully saturated rings. The molecule has 1 aromatic rings. The van der Waals surface area contributed by atoms with Gasteiger partial charge in [0.1, 0.15) is 16.5 Å². The Morgan fingerprint density at radius 3 is 2.77 bits per heavy atom. The number of carboxylic acid groups (broad SMARTS) is 1. The molecule has 2 unspecified atom stereocenters. The fourth-order valence-corrected chi connectivity index (χ4v) is 2.26. The van der Waals surface area contributed by atoms with Gasteiger partial charge in [-0.05, 0) is 12.1 Å². The number of hydrogen-bond donors (Lipinski definition) is 1. The summed E-state index contributed by atoms with van der Waals surface area (Å²) >= 11 is 0. The van der Waals surface area contributed by atoms with Gasteiger partial charge in [-0.15, -0.1) is 0 Å². The van der Waals surface area contributed by atoms with E-state index in [1.165, 1.54) is 0 Å². The van der Waals surface area contributed by atoms with E-state index < -0.39 is 22.2 Å². The minimum absolute atomic E-state index is 0.397. The van der Waals surface area contributed by atoms with E-state index >= 15 is 0 Å². The summed E-state index contributed by atoms with van der Waals surface area (Å²) in [5.41, 5.74) is -1.25. The van der Waals surface area contributed by atoms with Gasteiger partial charge in [0.2, 0.25) is 0 Å². The number of ether oxygens (including phenoxy) is 1. The Kier molecular flexibility index (Phi) is 1.81. The Morgan fingerprint density at radius 2 is 2.15 bits per heavy atom. The van der Waals surface area contributed by atoms with Crippen molar-refractivity contribution >= 4 is 16.8 Å². The van der Waals surface area contributed by atoms with Gasteiger partial charge in [-0.25, -0.2) is 9.00 Å². The van der Waals surface area contributed by atoms with Crippen LogP contribution in [-0.4, -0.2) is 20.7 Å². The zero-order valence-electron chi connectivity index (χ0n) is 6.47. The second-order valence-corrected chi connectivity index (χ2v) is 3.99. The van der Waals surface area contributed by atoms with Gasteiger partial charge in [0.25, 0.3) is 5.44 Å². The monoisotopic (exact) mass is 198 g/mol. The molecule has 2 atom stereocenters. The first-order valence-corrected chi connectivity index (χ1v) is 4.80. The van der Waals surface area contributed by atoms with Crippen LogP contribution in [0.1, 0.15) is 0 Å². The van der Waals surface area contributed by atoms with Gasteiger partial charge in [0, 0.05) is 0 Å². The van der Waals surface area contributed by atoms with Crippen molar-refractivity contribution < 1.29 is 18.8 Å². The molecule has 0 radical (unpaired) electrons. The molecule has 1 heterocycles. The van der Waals surface area contributed by atoms with Gasteiger partial charge in [-0.2, -0.15) is 0 Å². The quantitative estimate of drug-likeness (QED) is 0.717. The second kappa shape index (κ2) is 2.85. The SMILES string of the molecule is O=C(O)C1Oc2ccccc2S1=O. The van der Waals surface area contributed by atoms with E-state index in [1.54, 1.807) is 24.3 Å². The zero-order chi connectivity index (χ0) is 9.42. The van der Waals surface area contributed by atoms with E-state index in [0.717, 1.165) is 0 Å². The van der Waals surface area contributed by atoms with Gasteiger partial charge in [-0.1, -0.05) is 12.1 Å². The van der Waals surface area contributed by atoms with Crippen LogP contribution in [0.3, 0.4) is 0 Å². The van der Waals surface area contributed by atoms with E-state index in [2.05, 4.69) is 0 Å². The predicted molar refractivity (Wildman–Crippen MR) is 44.9 cm³/mol. The second-order valence-electron chi connectivity index (χ2n) is 2.53. The number of hydrogen-bond acceptors (Lipinski definition) is 3. The maximum atomic E-state index is 11.4. The molecular weight excluding hydrogens is 192 g/mol. The van der Waals surface area contributed by atoms with Crippen molar-refractivity contribution in [3.63, 3.8) is 0 Å². The van der Waals surface area contributed by atoms with E-state index in [0.29, 0.717) is 10.6 Å². The molecule has 1 aliphatic heterocycles. The minimum Gasteiger partial charge on any atom is -0.478 e. The Bertz CT molecular complexity index is 387.